The van der Waals surface area contributed by atoms with Crippen molar-refractivity contribution in [2.45, 2.75) is 20.8 Å². The Kier molecular flexibility index (Phi) is 3.66. The number of hydrogen-bond acceptors (Lipinski definition) is 4. The summed E-state index contributed by atoms with van der Waals surface area (Å²) in [4.78, 5) is 22.8. The lowest BCUT2D eigenvalue weighted by atomic mass is 10.0. The van der Waals surface area contributed by atoms with Crippen molar-refractivity contribution in [3.63, 3.8) is 0 Å². The minimum atomic E-state index is -0.943. The number of hydrogen-bond donors (Lipinski definition) is 1. The van der Waals surface area contributed by atoms with E-state index < -0.39 is 11.8 Å². The number of rotatable bonds is 3. The Hall–Kier alpha value is -1.84. The third-order valence-corrected chi connectivity index (χ3v) is 2.41. The summed E-state index contributed by atoms with van der Waals surface area (Å²) in [5, 5.41) is 9.74. The Morgan fingerprint density at radius 3 is 2.50 bits per heavy atom. The number of Topliss-reactive ketones (excluding diaryl/α,β-unsaturated/α-hetero) is 1. The number of benzene rings is 1. The van der Waals surface area contributed by atoms with E-state index in [4.69, 9.17) is 0 Å². The molecule has 1 rings (SSSR count). The average molecular weight is 222 g/mol. The number of aromatic hydroxyl groups is 1. The molecule has 4 nitrogen and oxygen atoms in total. The maximum Gasteiger partial charge on any atom is 0.379 e. The van der Waals surface area contributed by atoms with Crippen molar-refractivity contribution in [2.24, 2.45) is 0 Å². The highest BCUT2D eigenvalue weighted by molar-refractivity contribution is 6.41. The topological polar surface area (TPSA) is 63.6 Å². The van der Waals surface area contributed by atoms with Gasteiger partial charge in [0, 0.05) is 0 Å². The fourth-order valence-electron chi connectivity index (χ4n) is 1.29. The summed E-state index contributed by atoms with van der Waals surface area (Å²) in [6.07, 6.45) is 0. The van der Waals surface area contributed by atoms with Crippen LogP contribution in [0.25, 0.3) is 0 Å². The molecule has 0 atom stereocenters. The zero-order chi connectivity index (χ0) is 12.3. The molecule has 0 aliphatic carbocycles. The Labute approximate surface area is 93.9 Å². The summed E-state index contributed by atoms with van der Waals surface area (Å²) >= 11 is 0. The number of phenols is 1. The summed E-state index contributed by atoms with van der Waals surface area (Å²) in [6, 6.07) is 3.11. The minimum absolute atomic E-state index is 0.0125. The molecule has 0 aromatic heterocycles. The van der Waals surface area contributed by atoms with Gasteiger partial charge in [-0.15, -0.1) is 0 Å². The van der Waals surface area contributed by atoms with Crippen LogP contribution in [-0.2, 0) is 9.53 Å². The van der Waals surface area contributed by atoms with Crippen LogP contribution in [0, 0.1) is 13.8 Å². The van der Waals surface area contributed by atoms with Crippen LogP contribution in [-0.4, -0.2) is 23.5 Å². The minimum Gasteiger partial charge on any atom is -0.507 e. The highest BCUT2D eigenvalue weighted by Gasteiger charge is 2.22. The average Bonchev–Trinajstić information content (AvgIpc) is 2.26. The molecular formula is C12H14O4. The van der Waals surface area contributed by atoms with Gasteiger partial charge in [-0.3, -0.25) is 4.79 Å². The van der Waals surface area contributed by atoms with E-state index in [1.807, 2.05) is 6.92 Å². The van der Waals surface area contributed by atoms with E-state index in [2.05, 4.69) is 4.74 Å². The molecule has 4 heteroatoms. The lowest BCUT2D eigenvalue weighted by Gasteiger charge is -2.08. The van der Waals surface area contributed by atoms with Crippen LogP contribution in [0.15, 0.2) is 12.1 Å². The van der Waals surface area contributed by atoms with Crippen LogP contribution in [0.5, 0.6) is 5.75 Å². The van der Waals surface area contributed by atoms with Gasteiger partial charge in [-0.1, -0.05) is 6.07 Å². The van der Waals surface area contributed by atoms with Crippen LogP contribution in [0.3, 0.4) is 0 Å². The Morgan fingerprint density at radius 1 is 1.31 bits per heavy atom. The van der Waals surface area contributed by atoms with Crippen LogP contribution >= 0.6 is 0 Å². The number of phenolic OH excluding ortho intramolecular Hbond substituents is 1. The van der Waals surface area contributed by atoms with Gasteiger partial charge in [0.1, 0.15) is 5.75 Å². The summed E-state index contributed by atoms with van der Waals surface area (Å²) in [5.74, 6) is -1.92. The molecule has 0 saturated heterocycles. The van der Waals surface area contributed by atoms with E-state index >= 15 is 0 Å². The zero-order valence-corrected chi connectivity index (χ0v) is 9.53. The third-order valence-electron chi connectivity index (χ3n) is 2.41. The highest BCUT2D eigenvalue weighted by atomic mass is 16.5. The maximum atomic E-state index is 11.6. The normalized spacial score (nSPS) is 9.94. The SMILES string of the molecule is CCOC(=O)C(=O)c1ccc(C)c(C)c1O. The van der Waals surface area contributed by atoms with E-state index in [1.54, 1.807) is 19.9 Å². The van der Waals surface area contributed by atoms with Crippen molar-refractivity contribution in [3.8, 4) is 5.75 Å². The largest absolute Gasteiger partial charge is 0.507 e. The number of ether oxygens (including phenoxy) is 1. The van der Waals surface area contributed by atoms with Gasteiger partial charge in [0.2, 0.25) is 0 Å². The quantitative estimate of drug-likeness (QED) is 0.481. The summed E-state index contributed by atoms with van der Waals surface area (Å²) in [5.41, 5.74) is 1.44. The van der Waals surface area contributed by atoms with Crippen LogP contribution in [0.4, 0.5) is 0 Å². The number of aryl methyl sites for hydroxylation is 1. The van der Waals surface area contributed by atoms with Gasteiger partial charge in [-0.2, -0.15) is 0 Å². The highest BCUT2D eigenvalue weighted by Crippen LogP contribution is 2.25. The smallest absolute Gasteiger partial charge is 0.379 e. The molecule has 1 aromatic rings. The molecule has 86 valence electrons. The van der Waals surface area contributed by atoms with Gasteiger partial charge in [-0.25, -0.2) is 4.79 Å². The van der Waals surface area contributed by atoms with Gasteiger partial charge in [-0.05, 0) is 38.0 Å². The third kappa shape index (κ3) is 2.21. The van der Waals surface area contributed by atoms with E-state index in [1.165, 1.54) is 6.07 Å². The fraction of sp³-hybridized carbons (Fsp3) is 0.333. The van der Waals surface area contributed by atoms with Crippen molar-refractivity contribution in [1.82, 2.24) is 0 Å². The lowest BCUT2D eigenvalue weighted by Crippen LogP contribution is -2.17. The number of ketones is 1. The Bertz CT molecular complexity index is 435. The van der Waals surface area contributed by atoms with Gasteiger partial charge in [0.25, 0.3) is 5.78 Å². The van der Waals surface area contributed by atoms with E-state index in [0.29, 0.717) is 5.56 Å². The monoisotopic (exact) mass is 222 g/mol. The van der Waals surface area contributed by atoms with Gasteiger partial charge < -0.3 is 9.84 Å². The molecule has 0 aliphatic rings. The molecular weight excluding hydrogens is 208 g/mol. The maximum absolute atomic E-state index is 11.6. The lowest BCUT2D eigenvalue weighted by molar-refractivity contribution is -0.137. The first kappa shape index (κ1) is 12.2. The predicted molar refractivity (Wildman–Crippen MR) is 58.5 cm³/mol. The molecule has 1 N–H and O–H groups in total. The predicted octanol–water partition coefficient (Wildman–Crippen LogP) is 1.75. The van der Waals surface area contributed by atoms with Crippen molar-refractivity contribution < 1.29 is 19.4 Å². The zero-order valence-electron chi connectivity index (χ0n) is 9.53. The van der Waals surface area contributed by atoms with Crippen molar-refractivity contribution >= 4 is 11.8 Å². The second-order valence-corrected chi connectivity index (χ2v) is 3.45. The van der Waals surface area contributed by atoms with E-state index in [9.17, 15) is 14.7 Å². The summed E-state index contributed by atoms with van der Waals surface area (Å²) in [6.45, 7) is 5.25. The Balaban J connectivity index is 3.10. The molecule has 0 spiro atoms. The number of carbonyl (C=O) groups is 2. The standard InChI is InChI=1S/C12H14O4/c1-4-16-12(15)11(14)9-6-5-7(2)8(3)10(9)13/h5-6,13H,4H2,1-3H3. The molecule has 0 saturated carbocycles. The molecule has 0 heterocycles. The molecule has 0 bridgehead atoms. The van der Waals surface area contributed by atoms with Gasteiger partial charge in [0.15, 0.2) is 0 Å². The summed E-state index contributed by atoms with van der Waals surface area (Å²) < 4.78 is 4.58. The molecule has 0 fully saturated rings. The molecule has 16 heavy (non-hydrogen) atoms. The van der Waals surface area contributed by atoms with Crippen molar-refractivity contribution in [3.05, 3.63) is 28.8 Å². The van der Waals surface area contributed by atoms with Gasteiger partial charge >= 0.3 is 5.97 Å². The van der Waals surface area contributed by atoms with Crippen molar-refractivity contribution in [2.75, 3.05) is 6.61 Å². The second kappa shape index (κ2) is 4.79. The number of esters is 1. The van der Waals surface area contributed by atoms with Gasteiger partial charge in [0.05, 0.1) is 12.2 Å². The number of carbonyl (C=O) groups excluding carboxylic acids is 2. The first-order chi connectivity index (χ1) is 7.49. The summed E-state index contributed by atoms with van der Waals surface area (Å²) in [7, 11) is 0. The molecule has 0 aliphatic heterocycles. The van der Waals surface area contributed by atoms with Crippen molar-refractivity contribution in [1.29, 1.82) is 0 Å². The second-order valence-electron chi connectivity index (χ2n) is 3.45. The fourth-order valence-corrected chi connectivity index (χ4v) is 1.29. The Morgan fingerprint density at radius 2 is 1.94 bits per heavy atom. The van der Waals surface area contributed by atoms with Crippen LogP contribution in [0.1, 0.15) is 28.4 Å². The molecule has 0 radical (unpaired) electrons. The first-order valence-electron chi connectivity index (χ1n) is 4.99. The van der Waals surface area contributed by atoms with E-state index in [0.717, 1.165) is 5.56 Å². The van der Waals surface area contributed by atoms with E-state index in [-0.39, 0.29) is 17.9 Å². The first-order valence-corrected chi connectivity index (χ1v) is 4.99. The van der Waals surface area contributed by atoms with Crippen LogP contribution < -0.4 is 0 Å². The molecule has 0 amide bonds. The molecule has 1 aromatic carbocycles. The molecule has 0 unspecified atom stereocenters. The van der Waals surface area contributed by atoms with Crippen LogP contribution in [0.2, 0.25) is 0 Å².